The number of hydrogen-bond donors (Lipinski definition) is 1. The lowest BCUT2D eigenvalue weighted by Crippen LogP contribution is -2.29. The van der Waals surface area contributed by atoms with Crippen LogP contribution in [0.25, 0.3) is 0 Å². The molecule has 0 saturated heterocycles. The summed E-state index contributed by atoms with van der Waals surface area (Å²) in [6.07, 6.45) is 8.36. The first-order valence-electron chi connectivity index (χ1n) is 8.28. The molecule has 0 unspecified atom stereocenters. The van der Waals surface area contributed by atoms with Crippen LogP contribution in [-0.2, 0) is 6.54 Å². The quantitative estimate of drug-likeness (QED) is 0.787. The summed E-state index contributed by atoms with van der Waals surface area (Å²) in [5.74, 6) is 1.70. The molecular weight excluding hydrogens is 282 g/mol. The summed E-state index contributed by atoms with van der Waals surface area (Å²) < 4.78 is 0. The Labute approximate surface area is 133 Å². The molecule has 0 bridgehead atoms. The van der Waals surface area contributed by atoms with E-state index in [0.717, 1.165) is 30.0 Å². The van der Waals surface area contributed by atoms with Gasteiger partial charge in [0, 0.05) is 31.4 Å². The van der Waals surface area contributed by atoms with E-state index in [1.54, 1.807) is 0 Å². The van der Waals surface area contributed by atoms with Crippen molar-refractivity contribution in [2.24, 2.45) is 5.92 Å². The molecule has 0 spiro atoms. The highest BCUT2D eigenvalue weighted by atomic mass is 35.5. The molecule has 0 aromatic carbocycles. The Morgan fingerprint density at radius 2 is 2.10 bits per heavy atom. The zero-order chi connectivity index (χ0) is 14.8. The highest BCUT2D eigenvalue weighted by Gasteiger charge is 2.31. The lowest BCUT2D eigenvalue weighted by molar-refractivity contribution is 0.568. The highest BCUT2D eigenvalue weighted by Crippen LogP contribution is 2.35. The molecule has 1 aromatic heterocycles. The summed E-state index contributed by atoms with van der Waals surface area (Å²) >= 11 is 6.51. The first kappa shape index (κ1) is 15.1. The maximum absolute atomic E-state index is 6.51. The van der Waals surface area contributed by atoms with Gasteiger partial charge in [-0.1, -0.05) is 25.4 Å². The number of halogens is 1. The van der Waals surface area contributed by atoms with E-state index < -0.39 is 0 Å². The van der Waals surface area contributed by atoms with Crippen molar-refractivity contribution in [2.75, 3.05) is 11.4 Å². The monoisotopic (exact) mass is 307 g/mol. The van der Waals surface area contributed by atoms with Gasteiger partial charge in [-0.25, -0.2) is 4.98 Å². The molecule has 3 nitrogen and oxygen atoms in total. The summed E-state index contributed by atoms with van der Waals surface area (Å²) in [7, 11) is 0. The van der Waals surface area contributed by atoms with E-state index in [0.29, 0.717) is 12.0 Å². The zero-order valence-electron chi connectivity index (χ0n) is 13.1. The maximum atomic E-state index is 6.51. The van der Waals surface area contributed by atoms with Crippen LogP contribution in [0.1, 0.15) is 51.5 Å². The van der Waals surface area contributed by atoms with Crippen molar-refractivity contribution in [3.63, 3.8) is 0 Å². The minimum atomic E-state index is 0.657. The minimum absolute atomic E-state index is 0.657. The second-order valence-corrected chi connectivity index (χ2v) is 7.32. The third-order valence-electron chi connectivity index (χ3n) is 4.26. The SMILES string of the molecule is CC(C)CCN(c1ncc(CNC2CC2)cc1Cl)C1CC1. The first-order valence-corrected chi connectivity index (χ1v) is 8.65. The first-order chi connectivity index (χ1) is 10.1. The van der Waals surface area contributed by atoms with E-state index >= 15 is 0 Å². The normalized spacial score (nSPS) is 18.3. The molecule has 2 fully saturated rings. The minimum Gasteiger partial charge on any atom is -0.352 e. The summed E-state index contributed by atoms with van der Waals surface area (Å²) in [6, 6.07) is 3.46. The molecule has 2 aliphatic rings. The van der Waals surface area contributed by atoms with Gasteiger partial charge in [-0.3, -0.25) is 0 Å². The van der Waals surface area contributed by atoms with Gasteiger partial charge in [0.1, 0.15) is 5.82 Å². The van der Waals surface area contributed by atoms with Gasteiger partial charge in [0.2, 0.25) is 0 Å². The molecule has 0 atom stereocenters. The molecule has 3 rings (SSSR count). The predicted octanol–water partition coefficient (Wildman–Crippen LogP) is 4.00. The van der Waals surface area contributed by atoms with Crippen molar-refractivity contribution < 1.29 is 0 Å². The number of rotatable bonds is 8. The fraction of sp³-hybridized carbons (Fsp3) is 0.706. The number of anilines is 1. The average molecular weight is 308 g/mol. The number of pyridine rings is 1. The smallest absolute Gasteiger partial charge is 0.147 e. The van der Waals surface area contributed by atoms with Crippen molar-refractivity contribution >= 4 is 17.4 Å². The predicted molar refractivity (Wildman–Crippen MR) is 88.9 cm³/mol. The number of nitrogens with zero attached hydrogens (tertiary/aromatic N) is 2. The molecule has 1 heterocycles. The van der Waals surface area contributed by atoms with Crippen LogP contribution in [0.4, 0.5) is 5.82 Å². The van der Waals surface area contributed by atoms with E-state index in [-0.39, 0.29) is 0 Å². The fourth-order valence-electron chi connectivity index (χ4n) is 2.57. The van der Waals surface area contributed by atoms with Gasteiger partial charge >= 0.3 is 0 Å². The molecule has 21 heavy (non-hydrogen) atoms. The average Bonchev–Trinajstić information content (AvgIpc) is 3.32. The van der Waals surface area contributed by atoms with Gasteiger partial charge in [0.05, 0.1) is 5.02 Å². The molecule has 2 saturated carbocycles. The fourth-order valence-corrected chi connectivity index (χ4v) is 2.87. The Hall–Kier alpha value is -0.800. The molecule has 116 valence electrons. The van der Waals surface area contributed by atoms with Gasteiger partial charge in [-0.2, -0.15) is 0 Å². The van der Waals surface area contributed by atoms with Gasteiger partial charge < -0.3 is 10.2 Å². The van der Waals surface area contributed by atoms with Crippen molar-refractivity contribution in [3.8, 4) is 0 Å². The maximum Gasteiger partial charge on any atom is 0.147 e. The standard InChI is InChI=1S/C17H26ClN3/c1-12(2)7-8-21(15-5-6-15)17-16(18)9-13(11-20-17)10-19-14-3-4-14/h9,11-12,14-15,19H,3-8,10H2,1-2H3. The van der Waals surface area contributed by atoms with Crippen LogP contribution in [-0.4, -0.2) is 23.6 Å². The van der Waals surface area contributed by atoms with E-state index in [1.807, 2.05) is 6.20 Å². The van der Waals surface area contributed by atoms with E-state index in [9.17, 15) is 0 Å². The molecular formula is C17H26ClN3. The summed E-state index contributed by atoms with van der Waals surface area (Å²) in [4.78, 5) is 7.09. The molecule has 1 N–H and O–H groups in total. The van der Waals surface area contributed by atoms with Crippen LogP contribution in [0.5, 0.6) is 0 Å². The molecule has 0 radical (unpaired) electrons. The van der Waals surface area contributed by atoms with Crippen LogP contribution in [0.2, 0.25) is 5.02 Å². The van der Waals surface area contributed by atoms with Crippen molar-refractivity contribution in [2.45, 2.75) is 64.6 Å². The molecule has 4 heteroatoms. The summed E-state index contributed by atoms with van der Waals surface area (Å²) in [5, 5.41) is 4.32. The van der Waals surface area contributed by atoms with Crippen molar-refractivity contribution in [1.29, 1.82) is 0 Å². The van der Waals surface area contributed by atoms with Crippen LogP contribution < -0.4 is 10.2 Å². The molecule has 1 aromatic rings. The topological polar surface area (TPSA) is 28.2 Å². The van der Waals surface area contributed by atoms with Crippen molar-refractivity contribution in [3.05, 3.63) is 22.8 Å². The van der Waals surface area contributed by atoms with Gasteiger partial charge in [0.25, 0.3) is 0 Å². The summed E-state index contributed by atoms with van der Waals surface area (Å²) in [6.45, 7) is 6.49. The van der Waals surface area contributed by atoms with E-state index in [1.165, 1.54) is 37.7 Å². The number of hydrogen-bond acceptors (Lipinski definition) is 3. The largest absolute Gasteiger partial charge is 0.352 e. The zero-order valence-corrected chi connectivity index (χ0v) is 13.9. The second kappa shape index (κ2) is 6.53. The Morgan fingerprint density at radius 1 is 1.33 bits per heavy atom. The van der Waals surface area contributed by atoms with Crippen molar-refractivity contribution in [1.82, 2.24) is 10.3 Å². The third kappa shape index (κ3) is 4.33. The lowest BCUT2D eigenvalue weighted by Gasteiger charge is -2.25. The van der Waals surface area contributed by atoms with Crippen LogP contribution >= 0.6 is 11.6 Å². The Bertz CT molecular complexity index is 481. The molecule has 2 aliphatic carbocycles. The highest BCUT2D eigenvalue weighted by molar-refractivity contribution is 6.33. The van der Waals surface area contributed by atoms with E-state index in [4.69, 9.17) is 11.6 Å². The van der Waals surface area contributed by atoms with Gasteiger partial charge in [0.15, 0.2) is 0 Å². The Balaban J connectivity index is 1.66. The Morgan fingerprint density at radius 3 is 2.67 bits per heavy atom. The molecule has 0 aliphatic heterocycles. The number of aromatic nitrogens is 1. The van der Waals surface area contributed by atoms with Gasteiger partial charge in [-0.15, -0.1) is 0 Å². The van der Waals surface area contributed by atoms with Crippen LogP contribution in [0, 0.1) is 5.92 Å². The van der Waals surface area contributed by atoms with E-state index in [2.05, 4.69) is 35.1 Å². The second-order valence-electron chi connectivity index (χ2n) is 6.91. The van der Waals surface area contributed by atoms with Crippen LogP contribution in [0.15, 0.2) is 12.3 Å². The lowest BCUT2D eigenvalue weighted by atomic mass is 10.1. The Kier molecular flexibility index (Phi) is 4.70. The summed E-state index contributed by atoms with van der Waals surface area (Å²) in [5.41, 5.74) is 1.19. The molecule has 0 amide bonds. The number of nitrogens with one attached hydrogen (secondary N) is 1. The van der Waals surface area contributed by atoms with Gasteiger partial charge in [-0.05, 0) is 49.7 Å². The van der Waals surface area contributed by atoms with Crippen LogP contribution in [0.3, 0.4) is 0 Å². The third-order valence-corrected chi connectivity index (χ3v) is 4.54.